The molecule has 0 unspecified atom stereocenters. The van der Waals surface area contributed by atoms with Gasteiger partial charge in [-0.05, 0) is 49.1 Å². The molecule has 0 aliphatic rings. The highest BCUT2D eigenvalue weighted by Crippen LogP contribution is 2.44. The Morgan fingerprint density at radius 1 is 0.929 bits per heavy atom. The first-order chi connectivity index (χ1) is 13.1. The largest absolute Gasteiger partial charge is 0.223 e. The van der Waals surface area contributed by atoms with Gasteiger partial charge in [-0.2, -0.15) is 0 Å². The van der Waals surface area contributed by atoms with Crippen LogP contribution in [0.3, 0.4) is 0 Å². The average molecular weight is 413 g/mol. The molecule has 0 bridgehead atoms. The molecule has 0 heterocycles. The summed E-state index contributed by atoms with van der Waals surface area (Å²) in [5.41, 5.74) is 3.05. The maximum absolute atomic E-state index is 14.0. The van der Waals surface area contributed by atoms with Crippen molar-refractivity contribution in [1.82, 2.24) is 0 Å². The topological polar surface area (TPSA) is 34.1 Å². The highest BCUT2D eigenvalue weighted by Gasteiger charge is 2.45. The van der Waals surface area contributed by atoms with Crippen molar-refractivity contribution in [1.29, 1.82) is 0 Å². The molecule has 0 amide bonds. The molecule has 0 atom stereocenters. The maximum atomic E-state index is 14.0. The second-order valence-electron chi connectivity index (χ2n) is 8.69. The molecule has 0 aliphatic carbocycles. The van der Waals surface area contributed by atoms with Gasteiger partial charge in [0, 0.05) is 8.07 Å². The Hall–Kier alpha value is -1.91. The Bertz CT molecular complexity index is 925. The molecule has 2 rings (SSSR count). The van der Waals surface area contributed by atoms with Crippen LogP contribution in [-0.2, 0) is 20.6 Å². The SMILES string of the molecule is C=CCC(CC=C)(c1ccccc1C[Si](C)(C)C)S(=O)(=O)c1ccc(C)cc1. The van der Waals surface area contributed by atoms with Gasteiger partial charge in [-0.25, -0.2) is 8.42 Å². The summed E-state index contributed by atoms with van der Waals surface area (Å²) in [5, 5.41) is 0. The number of benzene rings is 2. The van der Waals surface area contributed by atoms with Crippen molar-refractivity contribution in [3.8, 4) is 0 Å². The van der Waals surface area contributed by atoms with Gasteiger partial charge in [-0.15, -0.1) is 13.2 Å². The molecule has 2 aromatic carbocycles. The van der Waals surface area contributed by atoms with E-state index in [1.165, 1.54) is 0 Å². The second-order valence-corrected chi connectivity index (χ2v) is 16.4. The van der Waals surface area contributed by atoms with Crippen molar-refractivity contribution in [2.75, 3.05) is 0 Å². The van der Waals surface area contributed by atoms with Crippen LogP contribution in [-0.4, -0.2) is 16.5 Å². The lowest BCUT2D eigenvalue weighted by Gasteiger charge is -2.35. The number of hydrogen-bond acceptors (Lipinski definition) is 2. The van der Waals surface area contributed by atoms with Gasteiger partial charge in [0.1, 0.15) is 4.75 Å². The molecule has 4 heteroatoms. The zero-order chi connectivity index (χ0) is 21.0. The smallest absolute Gasteiger partial charge is 0.188 e. The van der Waals surface area contributed by atoms with Crippen molar-refractivity contribution < 1.29 is 8.42 Å². The minimum atomic E-state index is -3.66. The number of allylic oxidation sites excluding steroid dienone is 2. The molecule has 0 fully saturated rings. The molecule has 2 aromatic rings. The lowest BCUT2D eigenvalue weighted by molar-refractivity contribution is 0.519. The van der Waals surface area contributed by atoms with Gasteiger partial charge in [0.2, 0.25) is 0 Å². The van der Waals surface area contributed by atoms with E-state index in [1.54, 1.807) is 24.3 Å². The van der Waals surface area contributed by atoms with Crippen molar-refractivity contribution in [2.24, 2.45) is 0 Å². The molecule has 0 saturated heterocycles. The average Bonchev–Trinajstić information content (AvgIpc) is 2.61. The Morgan fingerprint density at radius 3 is 1.96 bits per heavy atom. The molecular weight excluding hydrogens is 380 g/mol. The quantitative estimate of drug-likeness (QED) is 0.361. The lowest BCUT2D eigenvalue weighted by atomic mass is 9.88. The van der Waals surface area contributed by atoms with E-state index in [1.807, 2.05) is 37.3 Å². The molecule has 0 spiro atoms. The normalized spacial score (nSPS) is 12.6. The summed E-state index contributed by atoms with van der Waals surface area (Å²) >= 11 is 0. The van der Waals surface area contributed by atoms with E-state index in [9.17, 15) is 8.42 Å². The summed E-state index contributed by atoms with van der Waals surface area (Å²) in [6.45, 7) is 16.7. The van der Waals surface area contributed by atoms with Crippen LogP contribution in [0.15, 0.2) is 78.7 Å². The molecule has 0 N–H and O–H groups in total. The molecule has 150 valence electrons. The van der Waals surface area contributed by atoms with Crippen molar-refractivity contribution in [2.45, 2.75) is 55.1 Å². The Balaban J connectivity index is 2.80. The first-order valence-corrected chi connectivity index (χ1v) is 14.9. The minimum absolute atomic E-state index is 0.345. The van der Waals surface area contributed by atoms with E-state index in [0.29, 0.717) is 17.7 Å². The van der Waals surface area contributed by atoms with Gasteiger partial charge in [-0.1, -0.05) is 73.8 Å². The number of rotatable bonds is 9. The third-order valence-electron chi connectivity index (χ3n) is 5.02. The van der Waals surface area contributed by atoms with Crippen molar-refractivity contribution in [3.63, 3.8) is 0 Å². The second kappa shape index (κ2) is 8.62. The van der Waals surface area contributed by atoms with Crippen molar-refractivity contribution >= 4 is 17.9 Å². The van der Waals surface area contributed by atoms with E-state index >= 15 is 0 Å². The summed E-state index contributed by atoms with van der Waals surface area (Å²) < 4.78 is 26.9. The van der Waals surface area contributed by atoms with Crippen molar-refractivity contribution in [3.05, 3.63) is 90.5 Å². The fourth-order valence-electron chi connectivity index (χ4n) is 3.77. The predicted octanol–water partition coefficient (Wildman–Crippen LogP) is 6.24. The summed E-state index contributed by atoms with van der Waals surface area (Å²) in [4.78, 5) is 0.351. The molecule has 0 aliphatic heterocycles. The van der Waals surface area contributed by atoms with Crippen LogP contribution in [0.5, 0.6) is 0 Å². The fraction of sp³-hybridized carbons (Fsp3) is 0.333. The predicted molar refractivity (Wildman–Crippen MR) is 123 cm³/mol. The molecule has 2 nitrogen and oxygen atoms in total. The van der Waals surface area contributed by atoms with E-state index < -0.39 is 22.7 Å². The minimum Gasteiger partial charge on any atom is -0.223 e. The van der Waals surface area contributed by atoms with Crippen LogP contribution < -0.4 is 0 Å². The highest BCUT2D eigenvalue weighted by molar-refractivity contribution is 7.92. The van der Waals surface area contributed by atoms with Gasteiger partial charge in [-0.3, -0.25) is 0 Å². The van der Waals surface area contributed by atoms with Crippen LogP contribution in [0, 0.1) is 6.92 Å². The van der Waals surface area contributed by atoms with Gasteiger partial charge >= 0.3 is 0 Å². The zero-order valence-corrected chi connectivity index (χ0v) is 19.4. The van der Waals surface area contributed by atoms with Gasteiger partial charge in [0.05, 0.1) is 4.90 Å². The van der Waals surface area contributed by atoms with Crippen LogP contribution in [0.25, 0.3) is 0 Å². The molecule has 0 radical (unpaired) electrons. The maximum Gasteiger partial charge on any atom is 0.188 e. The van der Waals surface area contributed by atoms with Gasteiger partial charge in [0.15, 0.2) is 9.84 Å². The standard InChI is InChI=1S/C24H32O2SSi/c1-7-17-24(18-8-2,27(25,26)22-15-13-20(3)14-16-22)23-12-10-9-11-21(23)19-28(4,5)6/h7-16H,1-2,17-19H2,3-6H3. The van der Waals surface area contributed by atoms with Crippen LogP contribution in [0.4, 0.5) is 0 Å². The van der Waals surface area contributed by atoms with Gasteiger partial charge in [0.25, 0.3) is 0 Å². The van der Waals surface area contributed by atoms with E-state index in [0.717, 1.165) is 22.7 Å². The van der Waals surface area contributed by atoms with Crippen LogP contribution in [0.1, 0.15) is 29.5 Å². The Morgan fingerprint density at radius 2 is 1.46 bits per heavy atom. The molecule has 28 heavy (non-hydrogen) atoms. The summed E-state index contributed by atoms with van der Waals surface area (Å²) in [6, 6.07) is 16.1. The van der Waals surface area contributed by atoms with E-state index in [2.05, 4.69) is 38.9 Å². The molecular formula is C24H32O2SSi. The van der Waals surface area contributed by atoms with E-state index in [4.69, 9.17) is 0 Å². The molecule has 0 saturated carbocycles. The highest BCUT2D eigenvalue weighted by atomic mass is 32.2. The fourth-order valence-corrected chi connectivity index (χ4v) is 7.33. The van der Waals surface area contributed by atoms with Gasteiger partial charge < -0.3 is 0 Å². The summed E-state index contributed by atoms with van der Waals surface area (Å²) in [5.74, 6) is 0. The van der Waals surface area contributed by atoms with Crippen LogP contribution >= 0.6 is 0 Å². The number of sulfone groups is 1. The zero-order valence-electron chi connectivity index (χ0n) is 17.5. The third kappa shape index (κ3) is 4.56. The lowest BCUT2D eigenvalue weighted by Crippen LogP contribution is -2.37. The van der Waals surface area contributed by atoms with Crippen LogP contribution in [0.2, 0.25) is 19.6 Å². The Labute approximate surface area is 171 Å². The Kier molecular flexibility index (Phi) is 6.89. The third-order valence-corrected chi connectivity index (χ3v) is 8.94. The monoisotopic (exact) mass is 412 g/mol. The number of hydrogen-bond donors (Lipinski definition) is 0. The first-order valence-electron chi connectivity index (χ1n) is 9.69. The van der Waals surface area contributed by atoms with E-state index in [-0.39, 0.29) is 0 Å². The summed E-state index contributed by atoms with van der Waals surface area (Å²) in [7, 11) is -5.11. The molecule has 0 aromatic heterocycles. The summed E-state index contributed by atoms with van der Waals surface area (Å²) in [6.07, 6.45) is 4.14. The number of aryl methyl sites for hydroxylation is 1. The first kappa shape index (κ1) is 22.4.